The first-order valence-electron chi connectivity index (χ1n) is 9.00. The molecule has 4 unspecified atom stereocenters. The van der Waals surface area contributed by atoms with E-state index in [-0.39, 0.29) is 35.5 Å². The molecule has 0 bridgehead atoms. The van der Waals surface area contributed by atoms with Crippen molar-refractivity contribution in [2.45, 2.75) is 12.1 Å². The number of Topliss-reactive ketones (excluding diaryl/α,β-unsaturated/α-hetero) is 2. The van der Waals surface area contributed by atoms with Crippen molar-refractivity contribution in [3.63, 3.8) is 0 Å². The van der Waals surface area contributed by atoms with Crippen LogP contribution < -0.4 is 4.90 Å². The van der Waals surface area contributed by atoms with E-state index in [9.17, 15) is 9.59 Å². The number of benzene rings is 1. The van der Waals surface area contributed by atoms with Crippen LogP contribution in [0.1, 0.15) is 10.4 Å². The summed E-state index contributed by atoms with van der Waals surface area (Å²) >= 11 is 0. The smallest absolute Gasteiger partial charge is 0.174 e. The summed E-state index contributed by atoms with van der Waals surface area (Å²) in [5.41, 5.74) is 3.32. The van der Waals surface area contributed by atoms with E-state index in [1.54, 1.807) is 0 Å². The molecule has 1 aromatic carbocycles. The molecule has 0 N–H and O–H groups in total. The molecule has 5 rings (SSSR count). The third-order valence-electron chi connectivity index (χ3n) is 6.12. The maximum absolute atomic E-state index is 13.1. The molecule has 0 amide bonds. The largest absolute Gasteiger partial charge is 0.367 e. The molecule has 4 atom stereocenters. The van der Waals surface area contributed by atoms with E-state index in [0.717, 1.165) is 22.5 Å². The summed E-state index contributed by atoms with van der Waals surface area (Å²) < 4.78 is 0. The predicted octanol–water partition coefficient (Wildman–Crippen LogP) is 2.75. The predicted molar refractivity (Wildman–Crippen MR) is 101 cm³/mol. The van der Waals surface area contributed by atoms with Gasteiger partial charge in [-0.15, -0.1) is 0 Å². The van der Waals surface area contributed by atoms with Gasteiger partial charge in [-0.3, -0.25) is 9.59 Å². The lowest BCUT2D eigenvalue weighted by atomic mass is 9.74. The Morgan fingerprint density at radius 3 is 2.42 bits per heavy atom. The quantitative estimate of drug-likeness (QED) is 0.726. The summed E-state index contributed by atoms with van der Waals surface area (Å²) in [5.74, 6) is -0.128. The van der Waals surface area contributed by atoms with Gasteiger partial charge in [-0.2, -0.15) is 0 Å². The Bertz CT molecular complexity index is 953. The Labute approximate surface area is 152 Å². The number of carbonyl (C=O) groups excluding carboxylic acids is 2. The van der Waals surface area contributed by atoms with Gasteiger partial charge in [0.25, 0.3) is 0 Å². The lowest BCUT2D eigenvalue weighted by molar-refractivity contribution is -0.120. The summed E-state index contributed by atoms with van der Waals surface area (Å²) in [7, 11) is 4.01. The van der Waals surface area contributed by atoms with Gasteiger partial charge in [-0.05, 0) is 24.3 Å². The molecule has 1 saturated heterocycles. The van der Waals surface area contributed by atoms with Gasteiger partial charge in [0.1, 0.15) is 0 Å². The van der Waals surface area contributed by atoms with Crippen LogP contribution in [0.4, 0.5) is 5.69 Å². The third-order valence-corrected chi connectivity index (χ3v) is 6.12. The Morgan fingerprint density at radius 2 is 1.58 bits per heavy atom. The minimum atomic E-state index is -0.261. The summed E-state index contributed by atoms with van der Waals surface area (Å²) in [6, 6.07) is 7.62. The molecule has 26 heavy (non-hydrogen) atoms. The molecular formula is C22H20N2O2. The lowest BCUT2D eigenvalue weighted by Crippen LogP contribution is -2.51. The lowest BCUT2D eigenvalue weighted by Gasteiger charge is -2.46. The topological polar surface area (TPSA) is 40.6 Å². The van der Waals surface area contributed by atoms with Crippen LogP contribution in [0.5, 0.6) is 0 Å². The van der Waals surface area contributed by atoms with Gasteiger partial charge < -0.3 is 9.80 Å². The SMILES string of the molecule is CN1C2=CC3C(=O)c4ccccc4N(C)C3C=C2C(=O)C2C=CC=CC21. The number of fused-ring (bicyclic) bond motifs is 4. The van der Waals surface area contributed by atoms with Crippen LogP contribution in [-0.4, -0.2) is 42.6 Å². The number of carbonyl (C=O) groups is 2. The summed E-state index contributed by atoms with van der Waals surface area (Å²) in [5, 5.41) is 0. The number of allylic oxidation sites excluding steroid dienone is 3. The molecule has 2 aliphatic carbocycles. The van der Waals surface area contributed by atoms with E-state index in [1.807, 2.05) is 68.7 Å². The van der Waals surface area contributed by atoms with Crippen molar-refractivity contribution < 1.29 is 9.59 Å². The number of anilines is 1. The van der Waals surface area contributed by atoms with E-state index in [2.05, 4.69) is 15.9 Å². The van der Waals surface area contributed by atoms with Crippen molar-refractivity contribution in [1.29, 1.82) is 0 Å². The Morgan fingerprint density at radius 1 is 0.808 bits per heavy atom. The van der Waals surface area contributed by atoms with Gasteiger partial charge >= 0.3 is 0 Å². The van der Waals surface area contributed by atoms with Gasteiger partial charge in [0.2, 0.25) is 0 Å². The van der Waals surface area contributed by atoms with Crippen LogP contribution in [0.25, 0.3) is 0 Å². The fourth-order valence-corrected chi connectivity index (χ4v) is 4.70. The number of rotatable bonds is 0. The second-order valence-electron chi connectivity index (χ2n) is 7.40. The molecular weight excluding hydrogens is 324 g/mol. The first-order chi connectivity index (χ1) is 12.6. The van der Waals surface area contributed by atoms with Gasteiger partial charge in [0, 0.05) is 36.6 Å². The zero-order valence-electron chi connectivity index (χ0n) is 14.8. The summed E-state index contributed by atoms with van der Waals surface area (Å²) in [6.07, 6.45) is 12.0. The minimum Gasteiger partial charge on any atom is -0.367 e. The standard InChI is InChI=1S/C22H20N2O2/c1-23-17-9-5-3-7-13(17)21(25)15-12-20-16(11-19(15)23)22(26)14-8-4-6-10-18(14)24(20)2/h3-13,16-17,20H,1-2H3. The number of para-hydroxylation sites is 1. The number of nitrogens with zero attached hydrogens (tertiary/aromatic N) is 2. The number of hydrogen-bond acceptors (Lipinski definition) is 4. The molecule has 0 saturated carbocycles. The van der Waals surface area contributed by atoms with E-state index < -0.39 is 0 Å². The molecule has 0 aromatic heterocycles. The van der Waals surface area contributed by atoms with Crippen molar-refractivity contribution in [1.82, 2.24) is 4.90 Å². The number of hydrogen-bond donors (Lipinski definition) is 0. The monoisotopic (exact) mass is 344 g/mol. The Hall–Kier alpha value is -2.88. The number of likely N-dealkylation sites (tertiary alicyclic amines) is 1. The fourth-order valence-electron chi connectivity index (χ4n) is 4.70. The number of ketones is 2. The highest BCUT2D eigenvalue weighted by Crippen LogP contribution is 2.42. The van der Waals surface area contributed by atoms with Crippen molar-refractivity contribution in [3.05, 3.63) is 77.6 Å². The molecule has 2 heterocycles. The van der Waals surface area contributed by atoms with Crippen LogP contribution in [0.3, 0.4) is 0 Å². The highest BCUT2D eigenvalue weighted by Gasteiger charge is 2.45. The van der Waals surface area contributed by atoms with Crippen LogP contribution in [0.2, 0.25) is 0 Å². The van der Waals surface area contributed by atoms with E-state index in [1.165, 1.54) is 0 Å². The Balaban J connectivity index is 1.64. The van der Waals surface area contributed by atoms with E-state index in [0.29, 0.717) is 0 Å². The summed E-state index contributed by atoms with van der Waals surface area (Å²) in [6.45, 7) is 0. The van der Waals surface area contributed by atoms with Crippen LogP contribution in [0.15, 0.2) is 72.0 Å². The Kier molecular flexibility index (Phi) is 3.14. The van der Waals surface area contributed by atoms with Gasteiger partial charge in [0.15, 0.2) is 11.6 Å². The van der Waals surface area contributed by atoms with Gasteiger partial charge in [0.05, 0.1) is 23.9 Å². The molecule has 0 spiro atoms. The highest BCUT2D eigenvalue weighted by atomic mass is 16.1. The molecule has 4 heteroatoms. The van der Waals surface area contributed by atoms with E-state index >= 15 is 0 Å². The van der Waals surface area contributed by atoms with Crippen molar-refractivity contribution in [2.75, 3.05) is 19.0 Å². The second-order valence-corrected chi connectivity index (χ2v) is 7.40. The average molecular weight is 344 g/mol. The van der Waals surface area contributed by atoms with Crippen LogP contribution in [0, 0.1) is 11.8 Å². The highest BCUT2D eigenvalue weighted by molar-refractivity contribution is 6.09. The molecule has 0 radical (unpaired) electrons. The maximum atomic E-state index is 13.1. The molecule has 1 fully saturated rings. The second kappa shape index (κ2) is 5.31. The fraction of sp³-hybridized carbons (Fsp3) is 0.273. The van der Waals surface area contributed by atoms with Crippen LogP contribution >= 0.6 is 0 Å². The zero-order chi connectivity index (χ0) is 18.0. The third kappa shape index (κ3) is 1.90. The van der Waals surface area contributed by atoms with Crippen molar-refractivity contribution in [3.8, 4) is 0 Å². The first kappa shape index (κ1) is 15.4. The molecule has 4 aliphatic rings. The number of likely N-dealkylation sites (N-methyl/N-ethyl adjacent to an activating group) is 2. The zero-order valence-corrected chi connectivity index (χ0v) is 14.8. The van der Waals surface area contributed by atoms with Crippen LogP contribution in [-0.2, 0) is 4.79 Å². The first-order valence-corrected chi connectivity index (χ1v) is 9.00. The molecule has 2 aliphatic heterocycles. The summed E-state index contributed by atoms with van der Waals surface area (Å²) in [4.78, 5) is 30.5. The van der Waals surface area contributed by atoms with E-state index in [4.69, 9.17) is 0 Å². The van der Waals surface area contributed by atoms with Crippen molar-refractivity contribution >= 4 is 17.3 Å². The molecule has 1 aromatic rings. The average Bonchev–Trinajstić information content (AvgIpc) is 2.69. The molecule has 130 valence electrons. The van der Waals surface area contributed by atoms with Gasteiger partial charge in [-0.1, -0.05) is 36.4 Å². The van der Waals surface area contributed by atoms with Crippen molar-refractivity contribution in [2.24, 2.45) is 11.8 Å². The maximum Gasteiger partial charge on any atom is 0.174 e. The molecule has 4 nitrogen and oxygen atoms in total. The normalized spacial score (nSPS) is 31.6. The van der Waals surface area contributed by atoms with Gasteiger partial charge in [-0.25, -0.2) is 0 Å². The number of piperidine rings is 1. The minimum absolute atomic E-state index is 0.0242.